The molecule has 0 aliphatic rings. The van der Waals surface area contributed by atoms with Crippen LogP contribution in [0.15, 0.2) is 94.5 Å². The van der Waals surface area contributed by atoms with Crippen LogP contribution < -0.4 is 10.9 Å². The van der Waals surface area contributed by atoms with Crippen LogP contribution in [0, 0.1) is 0 Å². The number of fused-ring (bicyclic) bond motifs is 10. The van der Waals surface area contributed by atoms with E-state index in [0.717, 1.165) is 37.7 Å². The molecule has 0 aliphatic heterocycles. The molecule has 0 unspecified atom stereocenters. The van der Waals surface area contributed by atoms with Gasteiger partial charge in [-0.1, -0.05) is 66.7 Å². The fourth-order valence-electron chi connectivity index (χ4n) is 5.18. The van der Waals surface area contributed by atoms with Crippen LogP contribution in [-0.2, 0) is 0 Å². The van der Waals surface area contributed by atoms with E-state index < -0.39 is 0 Å². The van der Waals surface area contributed by atoms with E-state index in [1.165, 1.54) is 10.8 Å². The molecule has 0 aromatic heterocycles. The summed E-state index contributed by atoms with van der Waals surface area (Å²) >= 11 is 0. The van der Waals surface area contributed by atoms with Gasteiger partial charge in [0.15, 0.2) is 10.9 Å². The van der Waals surface area contributed by atoms with Crippen molar-refractivity contribution in [3.63, 3.8) is 0 Å². The van der Waals surface area contributed by atoms with Crippen LogP contribution >= 0.6 is 0 Å². The summed E-state index contributed by atoms with van der Waals surface area (Å²) in [5, 5.41) is 10.9. The molecule has 0 radical (unpaired) electrons. The van der Waals surface area contributed by atoms with Crippen molar-refractivity contribution in [3.05, 3.63) is 105 Å². The normalized spacial score (nSPS) is 12.3. The molecule has 0 bridgehead atoms. The van der Waals surface area contributed by atoms with Crippen molar-refractivity contribution in [3.8, 4) is 0 Å². The third-order valence-corrected chi connectivity index (χ3v) is 6.55. The Labute approximate surface area is 170 Å². The van der Waals surface area contributed by atoms with Crippen LogP contribution in [-0.4, -0.2) is 0 Å². The minimum absolute atomic E-state index is 0.0367. The first-order chi connectivity index (χ1) is 14.7. The maximum atomic E-state index is 13.3. The summed E-state index contributed by atoms with van der Waals surface area (Å²) in [6.07, 6.45) is 0. The molecular formula is C28H14O2. The van der Waals surface area contributed by atoms with Crippen LogP contribution in [0.25, 0.3) is 64.6 Å². The Bertz CT molecular complexity index is 1930. The second-order valence-electron chi connectivity index (χ2n) is 8.02. The van der Waals surface area contributed by atoms with Crippen LogP contribution in [0.2, 0.25) is 0 Å². The number of hydrogen-bond donors (Lipinski definition) is 0. The zero-order chi connectivity index (χ0) is 20.0. The first-order valence-electron chi connectivity index (χ1n) is 10.0. The molecule has 7 rings (SSSR count). The number of rotatable bonds is 0. The predicted octanol–water partition coefficient (Wildman–Crippen LogP) is 6.20. The fourth-order valence-corrected chi connectivity index (χ4v) is 5.18. The number of hydrogen-bond acceptors (Lipinski definition) is 2. The molecule has 30 heavy (non-hydrogen) atoms. The Morgan fingerprint density at radius 3 is 1.80 bits per heavy atom. The third kappa shape index (κ3) is 1.79. The first-order valence-corrected chi connectivity index (χ1v) is 10.0. The molecule has 0 fully saturated rings. The Balaban J connectivity index is 1.77. The molecule has 0 spiro atoms. The average Bonchev–Trinajstić information content (AvgIpc) is 3.24. The molecule has 0 atom stereocenters. The van der Waals surface area contributed by atoms with Crippen LogP contribution in [0.5, 0.6) is 0 Å². The van der Waals surface area contributed by atoms with Gasteiger partial charge in [0.05, 0.1) is 0 Å². The van der Waals surface area contributed by atoms with Crippen molar-refractivity contribution in [2.24, 2.45) is 0 Å². The average molecular weight is 382 g/mol. The standard InChI is InChI=1S/C28H14O2/c29-27-20-8-4-3-7-17(20)22-13-25-23(14-24(22)27)26-19-10-9-15-5-1-2-6-16(15)18(19)11-12-21(26)28(25)30/h1-14H. The monoisotopic (exact) mass is 382 g/mol. The first kappa shape index (κ1) is 15.8. The van der Waals surface area contributed by atoms with Crippen LogP contribution in [0.1, 0.15) is 0 Å². The molecule has 0 saturated carbocycles. The van der Waals surface area contributed by atoms with Gasteiger partial charge in [-0.15, -0.1) is 0 Å². The summed E-state index contributed by atoms with van der Waals surface area (Å²) < 4.78 is 0. The van der Waals surface area contributed by atoms with Crippen molar-refractivity contribution < 1.29 is 0 Å². The van der Waals surface area contributed by atoms with E-state index in [1.807, 2.05) is 54.6 Å². The van der Waals surface area contributed by atoms with Gasteiger partial charge >= 0.3 is 0 Å². The van der Waals surface area contributed by atoms with E-state index in [-0.39, 0.29) is 10.9 Å². The highest BCUT2D eigenvalue weighted by Crippen LogP contribution is 2.37. The van der Waals surface area contributed by atoms with Crippen molar-refractivity contribution in [2.75, 3.05) is 0 Å². The van der Waals surface area contributed by atoms with Crippen LogP contribution in [0.4, 0.5) is 0 Å². The lowest BCUT2D eigenvalue weighted by atomic mass is 9.98. The van der Waals surface area contributed by atoms with Gasteiger partial charge in [-0.2, -0.15) is 0 Å². The molecule has 0 heterocycles. The van der Waals surface area contributed by atoms with E-state index in [0.29, 0.717) is 16.2 Å². The van der Waals surface area contributed by atoms with Gasteiger partial charge in [0.2, 0.25) is 0 Å². The van der Waals surface area contributed by atoms with E-state index in [2.05, 4.69) is 30.3 Å². The maximum absolute atomic E-state index is 13.3. The van der Waals surface area contributed by atoms with E-state index in [4.69, 9.17) is 0 Å². The highest BCUT2D eigenvalue weighted by Gasteiger charge is 2.18. The second-order valence-corrected chi connectivity index (χ2v) is 8.02. The van der Waals surface area contributed by atoms with E-state index in [1.54, 1.807) is 0 Å². The van der Waals surface area contributed by atoms with Gasteiger partial charge < -0.3 is 0 Å². The highest BCUT2D eigenvalue weighted by atomic mass is 16.1. The molecule has 138 valence electrons. The molecule has 7 aromatic carbocycles. The molecule has 2 nitrogen and oxygen atoms in total. The Morgan fingerprint density at radius 1 is 0.367 bits per heavy atom. The largest absolute Gasteiger partial charge is 0.289 e. The Kier molecular flexibility index (Phi) is 2.80. The molecule has 0 amide bonds. The molecular weight excluding hydrogens is 368 g/mol. The van der Waals surface area contributed by atoms with Gasteiger partial charge in [0, 0.05) is 26.9 Å². The second kappa shape index (κ2) is 5.31. The van der Waals surface area contributed by atoms with E-state index >= 15 is 0 Å². The summed E-state index contributed by atoms with van der Waals surface area (Å²) in [5.74, 6) is 0. The topological polar surface area (TPSA) is 34.1 Å². The summed E-state index contributed by atoms with van der Waals surface area (Å²) in [5.41, 5.74) is 0.0738. The molecule has 2 heteroatoms. The maximum Gasteiger partial charge on any atom is 0.194 e. The zero-order valence-corrected chi connectivity index (χ0v) is 15.9. The van der Waals surface area contributed by atoms with Crippen molar-refractivity contribution in [1.29, 1.82) is 0 Å². The van der Waals surface area contributed by atoms with Gasteiger partial charge in [-0.3, -0.25) is 9.59 Å². The minimum Gasteiger partial charge on any atom is -0.289 e. The summed E-state index contributed by atoms with van der Waals surface area (Å²) in [6, 6.07) is 28.0. The SMILES string of the molecule is O=c1c2ccccc2c2cc3c(=O)c4ccc5c6ccccc6ccc5c4c3cc12. The lowest BCUT2D eigenvalue weighted by molar-refractivity contribution is 1.79. The van der Waals surface area contributed by atoms with Crippen LogP contribution in [0.3, 0.4) is 0 Å². The minimum atomic E-state index is 0.0367. The molecule has 7 aromatic rings. The lowest BCUT2D eigenvalue weighted by Gasteiger charge is -2.05. The Morgan fingerprint density at radius 2 is 0.933 bits per heavy atom. The highest BCUT2D eigenvalue weighted by molar-refractivity contribution is 6.29. The quantitative estimate of drug-likeness (QED) is 0.293. The van der Waals surface area contributed by atoms with Crippen molar-refractivity contribution in [1.82, 2.24) is 0 Å². The number of benzene rings is 5. The molecule has 0 saturated heterocycles. The van der Waals surface area contributed by atoms with Gasteiger partial charge in [-0.05, 0) is 55.9 Å². The Hall–Kier alpha value is -4.04. The molecule has 0 aliphatic carbocycles. The fraction of sp³-hybridized carbons (Fsp3) is 0. The van der Waals surface area contributed by atoms with Gasteiger partial charge in [0.1, 0.15) is 0 Å². The van der Waals surface area contributed by atoms with E-state index in [9.17, 15) is 9.59 Å². The van der Waals surface area contributed by atoms with Gasteiger partial charge in [-0.25, -0.2) is 0 Å². The smallest absolute Gasteiger partial charge is 0.194 e. The van der Waals surface area contributed by atoms with Gasteiger partial charge in [0.25, 0.3) is 0 Å². The summed E-state index contributed by atoms with van der Waals surface area (Å²) in [7, 11) is 0. The lowest BCUT2D eigenvalue weighted by Crippen LogP contribution is -1.95. The third-order valence-electron chi connectivity index (χ3n) is 6.55. The zero-order valence-electron chi connectivity index (χ0n) is 15.9. The summed E-state index contributed by atoms with van der Waals surface area (Å²) in [4.78, 5) is 26.3. The van der Waals surface area contributed by atoms with Crippen molar-refractivity contribution in [2.45, 2.75) is 0 Å². The summed E-state index contributed by atoms with van der Waals surface area (Å²) in [6.45, 7) is 0. The predicted molar refractivity (Wildman–Crippen MR) is 126 cm³/mol. The van der Waals surface area contributed by atoms with Crippen molar-refractivity contribution >= 4 is 64.6 Å². The molecule has 0 N–H and O–H groups in total.